The number of urea groups is 1. The number of nitrogens with zero attached hydrogens (tertiary/aromatic N) is 1. The number of carbonyl (C=O) groups excluding carboxylic acids is 3. The van der Waals surface area contributed by atoms with Gasteiger partial charge < -0.3 is 4.74 Å². The second-order valence-corrected chi connectivity index (χ2v) is 5.95. The number of aryl methyl sites for hydroxylation is 1. The molecular weight excluding hydrogens is 332 g/mol. The fraction of sp³-hybridized carbons (Fsp3) is 0.150. The number of hydrogen-bond acceptors (Lipinski definition) is 4. The number of amides is 4. The number of anilines is 1. The Hall–Kier alpha value is -3.41. The molecule has 1 N–H and O–H groups in total. The first-order chi connectivity index (χ1) is 12.4. The van der Waals surface area contributed by atoms with Crippen LogP contribution in [-0.4, -0.2) is 25.0 Å². The molecule has 0 radical (unpaired) electrons. The van der Waals surface area contributed by atoms with Crippen molar-refractivity contribution < 1.29 is 19.1 Å². The number of rotatable bonds is 3. The standard InChI is InChI=1S/C20H18N2O4/c1-12-6-4-9-17(13(12)2)22-19(24)16(18(23)21-20(22)25)11-14-7-5-8-15(10-14)26-3/h4-11H,1-3H3,(H,21,23,25)/b16-11+. The minimum atomic E-state index is -0.753. The highest BCUT2D eigenvalue weighted by Crippen LogP contribution is 2.27. The van der Waals surface area contributed by atoms with Crippen molar-refractivity contribution in [2.75, 3.05) is 12.0 Å². The van der Waals surface area contributed by atoms with Crippen LogP contribution >= 0.6 is 0 Å². The van der Waals surface area contributed by atoms with Gasteiger partial charge in [-0.15, -0.1) is 0 Å². The lowest BCUT2D eigenvalue weighted by atomic mass is 10.0. The molecule has 0 atom stereocenters. The SMILES string of the molecule is COc1cccc(/C=C2\C(=O)NC(=O)N(c3cccc(C)c3C)C2=O)c1. The summed E-state index contributed by atoms with van der Waals surface area (Å²) in [5, 5.41) is 2.23. The summed E-state index contributed by atoms with van der Waals surface area (Å²) in [6, 6.07) is 11.5. The van der Waals surface area contributed by atoms with Crippen molar-refractivity contribution in [3.05, 3.63) is 64.7 Å². The number of barbiturate groups is 1. The lowest BCUT2D eigenvalue weighted by molar-refractivity contribution is -0.122. The minimum absolute atomic E-state index is 0.112. The van der Waals surface area contributed by atoms with Crippen LogP contribution in [0.5, 0.6) is 5.75 Å². The smallest absolute Gasteiger partial charge is 0.335 e. The summed E-state index contributed by atoms with van der Waals surface area (Å²) in [7, 11) is 1.53. The molecule has 3 rings (SSSR count). The predicted octanol–water partition coefficient (Wildman–Crippen LogP) is 2.98. The lowest BCUT2D eigenvalue weighted by Crippen LogP contribution is -2.54. The number of benzene rings is 2. The summed E-state index contributed by atoms with van der Waals surface area (Å²) in [5.74, 6) is -0.773. The van der Waals surface area contributed by atoms with Crippen LogP contribution < -0.4 is 15.0 Å². The van der Waals surface area contributed by atoms with E-state index < -0.39 is 17.8 Å². The van der Waals surface area contributed by atoms with Crippen LogP contribution in [-0.2, 0) is 9.59 Å². The third kappa shape index (κ3) is 3.09. The van der Waals surface area contributed by atoms with E-state index in [1.807, 2.05) is 19.9 Å². The van der Waals surface area contributed by atoms with Crippen molar-refractivity contribution in [2.24, 2.45) is 0 Å². The van der Waals surface area contributed by atoms with E-state index >= 15 is 0 Å². The highest BCUT2D eigenvalue weighted by atomic mass is 16.5. The van der Waals surface area contributed by atoms with Gasteiger partial charge in [0.05, 0.1) is 12.8 Å². The van der Waals surface area contributed by atoms with Gasteiger partial charge >= 0.3 is 6.03 Å². The zero-order valence-electron chi connectivity index (χ0n) is 14.7. The van der Waals surface area contributed by atoms with E-state index in [0.717, 1.165) is 16.0 Å². The van der Waals surface area contributed by atoms with Crippen LogP contribution in [0.1, 0.15) is 16.7 Å². The normalized spacial score (nSPS) is 16.0. The topological polar surface area (TPSA) is 75.7 Å². The van der Waals surface area contributed by atoms with E-state index in [9.17, 15) is 14.4 Å². The fourth-order valence-corrected chi connectivity index (χ4v) is 2.75. The first kappa shape index (κ1) is 17.4. The highest BCUT2D eigenvalue weighted by Gasteiger charge is 2.37. The largest absolute Gasteiger partial charge is 0.497 e. The van der Waals surface area contributed by atoms with Gasteiger partial charge in [-0.05, 0) is 54.8 Å². The molecule has 1 aliphatic heterocycles. The van der Waals surface area contributed by atoms with Crippen molar-refractivity contribution in [3.8, 4) is 5.75 Å². The van der Waals surface area contributed by atoms with Crippen LogP contribution in [0.2, 0.25) is 0 Å². The van der Waals surface area contributed by atoms with Gasteiger partial charge in [-0.25, -0.2) is 9.69 Å². The van der Waals surface area contributed by atoms with Crippen LogP contribution in [0, 0.1) is 13.8 Å². The van der Waals surface area contributed by atoms with E-state index in [1.165, 1.54) is 13.2 Å². The molecule has 0 unspecified atom stereocenters. The molecule has 132 valence electrons. The Balaban J connectivity index is 2.05. The van der Waals surface area contributed by atoms with E-state index in [1.54, 1.807) is 36.4 Å². The molecule has 0 bridgehead atoms. The Morgan fingerprint density at radius 1 is 1.04 bits per heavy atom. The van der Waals surface area contributed by atoms with Crippen molar-refractivity contribution in [2.45, 2.75) is 13.8 Å². The van der Waals surface area contributed by atoms with Gasteiger partial charge in [0.2, 0.25) is 0 Å². The molecule has 0 aliphatic carbocycles. The Morgan fingerprint density at radius 3 is 2.50 bits per heavy atom. The molecule has 1 fully saturated rings. The van der Waals surface area contributed by atoms with Gasteiger partial charge in [0.1, 0.15) is 11.3 Å². The van der Waals surface area contributed by atoms with Crippen molar-refractivity contribution in [1.29, 1.82) is 0 Å². The average molecular weight is 350 g/mol. The Bertz CT molecular complexity index is 947. The maximum Gasteiger partial charge on any atom is 0.335 e. The van der Waals surface area contributed by atoms with E-state index in [-0.39, 0.29) is 5.57 Å². The molecular formula is C20H18N2O4. The molecule has 2 aromatic rings. The number of imide groups is 2. The zero-order chi connectivity index (χ0) is 18.8. The lowest BCUT2D eigenvalue weighted by Gasteiger charge is -2.28. The molecule has 26 heavy (non-hydrogen) atoms. The number of hydrogen-bond donors (Lipinski definition) is 1. The van der Waals surface area contributed by atoms with Crippen molar-refractivity contribution in [1.82, 2.24) is 5.32 Å². The molecule has 1 saturated heterocycles. The molecule has 1 aliphatic rings. The van der Waals surface area contributed by atoms with E-state index in [2.05, 4.69) is 5.32 Å². The Morgan fingerprint density at radius 2 is 1.77 bits per heavy atom. The predicted molar refractivity (Wildman–Crippen MR) is 97.9 cm³/mol. The van der Waals surface area contributed by atoms with Gasteiger partial charge in [0.25, 0.3) is 11.8 Å². The maximum absolute atomic E-state index is 12.9. The number of carbonyl (C=O) groups is 3. The molecule has 1 heterocycles. The Labute approximate surface area is 151 Å². The number of methoxy groups -OCH3 is 1. The third-order valence-corrected chi connectivity index (χ3v) is 4.32. The third-order valence-electron chi connectivity index (χ3n) is 4.32. The second kappa shape index (κ2) is 6.84. The van der Waals surface area contributed by atoms with Crippen LogP contribution in [0.3, 0.4) is 0 Å². The van der Waals surface area contributed by atoms with Crippen molar-refractivity contribution >= 4 is 29.6 Å². The number of nitrogens with one attached hydrogen (secondary N) is 1. The molecule has 0 spiro atoms. The highest BCUT2D eigenvalue weighted by molar-refractivity contribution is 6.39. The molecule has 0 saturated carbocycles. The quantitative estimate of drug-likeness (QED) is 0.682. The fourth-order valence-electron chi connectivity index (χ4n) is 2.75. The zero-order valence-corrected chi connectivity index (χ0v) is 14.7. The first-order valence-corrected chi connectivity index (χ1v) is 8.04. The van der Waals surface area contributed by atoms with Gasteiger partial charge in [-0.1, -0.05) is 24.3 Å². The average Bonchev–Trinajstić information content (AvgIpc) is 2.62. The van der Waals surface area contributed by atoms with Crippen LogP contribution in [0.4, 0.5) is 10.5 Å². The van der Waals surface area contributed by atoms with E-state index in [0.29, 0.717) is 17.0 Å². The summed E-state index contributed by atoms with van der Waals surface area (Å²) in [6.45, 7) is 3.72. The molecule has 6 heteroatoms. The van der Waals surface area contributed by atoms with Crippen molar-refractivity contribution in [3.63, 3.8) is 0 Å². The van der Waals surface area contributed by atoms with Gasteiger partial charge in [0.15, 0.2) is 0 Å². The Kier molecular flexibility index (Phi) is 4.58. The second-order valence-electron chi connectivity index (χ2n) is 5.95. The maximum atomic E-state index is 12.9. The first-order valence-electron chi connectivity index (χ1n) is 8.04. The van der Waals surface area contributed by atoms with Gasteiger partial charge in [-0.2, -0.15) is 0 Å². The summed E-state index contributed by atoms with van der Waals surface area (Å²) in [6.07, 6.45) is 1.45. The molecule has 6 nitrogen and oxygen atoms in total. The minimum Gasteiger partial charge on any atom is -0.497 e. The van der Waals surface area contributed by atoms with E-state index in [4.69, 9.17) is 4.74 Å². The molecule has 4 amide bonds. The monoisotopic (exact) mass is 350 g/mol. The van der Waals surface area contributed by atoms with Gasteiger partial charge in [0, 0.05) is 0 Å². The summed E-state index contributed by atoms with van der Waals surface area (Å²) in [5.41, 5.74) is 2.71. The summed E-state index contributed by atoms with van der Waals surface area (Å²) >= 11 is 0. The molecule has 2 aromatic carbocycles. The van der Waals surface area contributed by atoms with Gasteiger partial charge in [-0.3, -0.25) is 14.9 Å². The van der Waals surface area contributed by atoms with Crippen LogP contribution in [0.15, 0.2) is 48.0 Å². The van der Waals surface area contributed by atoms with Crippen LogP contribution in [0.25, 0.3) is 6.08 Å². The summed E-state index contributed by atoms with van der Waals surface area (Å²) in [4.78, 5) is 38.4. The molecule has 0 aromatic heterocycles. The summed E-state index contributed by atoms with van der Waals surface area (Å²) < 4.78 is 5.15. The number of ether oxygens (including phenoxy) is 1.